The fraction of sp³-hybridized carbons (Fsp3) is 0.471. The molecule has 0 bridgehead atoms. The number of ether oxygens (including phenoxy) is 3. The average Bonchev–Trinajstić information content (AvgIpc) is 3.44. The molecule has 0 spiro atoms. The first kappa shape index (κ1) is 35.4. The molecule has 0 aliphatic heterocycles. The van der Waals surface area contributed by atoms with Gasteiger partial charge in [-0.15, -0.1) is 0 Å². The number of H-pyrrole nitrogens is 2. The van der Waals surface area contributed by atoms with Crippen LogP contribution in [0.2, 0.25) is 0 Å². The Balaban J connectivity index is 0.000000248. The van der Waals surface area contributed by atoms with E-state index < -0.39 is 17.7 Å². The maximum Gasteiger partial charge on any atom is 0.270 e. The number of rotatable bonds is 12. The van der Waals surface area contributed by atoms with Crippen LogP contribution in [0.15, 0.2) is 46.0 Å². The van der Waals surface area contributed by atoms with E-state index in [0.717, 1.165) is 17.0 Å². The number of aromatic amines is 2. The molecule has 0 saturated carbocycles. The zero-order valence-corrected chi connectivity index (χ0v) is 27.7. The van der Waals surface area contributed by atoms with E-state index in [1.165, 1.54) is 12.1 Å². The minimum atomic E-state index is -0.621. The van der Waals surface area contributed by atoms with E-state index in [9.17, 15) is 18.4 Å². The Kier molecular flexibility index (Phi) is 12.4. The summed E-state index contributed by atoms with van der Waals surface area (Å²) in [6.45, 7) is 18.4. The van der Waals surface area contributed by atoms with Crippen molar-refractivity contribution in [2.75, 3.05) is 19.8 Å². The zero-order chi connectivity index (χ0) is 33.4. The molecule has 2 heterocycles. The van der Waals surface area contributed by atoms with Crippen molar-refractivity contribution in [2.45, 2.75) is 86.9 Å². The molecule has 0 amide bonds. The van der Waals surface area contributed by atoms with Crippen LogP contribution in [0.25, 0.3) is 0 Å². The smallest absolute Gasteiger partial charge is 0.270 e. The summed E-state index contributed by atoms with van der Waals surface area (Å²) >= 11 is 0. The molecule has 2 aromatic heterocycles. The van der Waals surface area contributed by atoms with Crippen molar-refractivity contribution >= 4 is 0 Å². The number of hydrogen-bond donors (Lipinski definition) is 2. The Morgan fingerprint density at radius 3 is 1.73 bits per heavy atom. The molecule has 9 nitrogen and oxygen atoms in total. The van der Waals surface area contributed by atoms with Crippen LogP contribution in [-0.4, -0.2) is 39.4 Å². The quantitative estimate of drug-likeness (QED) is 0.177. The average molecular weight is 629 g/mol. The van der Waals surface area contributed by atoms with Gasteiger partial charge in [-0.3, -0.25) is 29.2 Å². The maximum atomic E-state index is 14.2. The second-order valence-electron chi connectivity index (χ2n) is 11.2. The summed E-state index contributed by atoms with van der Waals surface area (Å²) in [5.41, 5.74) is 3.89. The molecule has 0 radical (unpaired) electrons. The van der Waals surface area contributed by atoms with Gasteiger partial charge in [-0.1, -0.05) is 12.1 Å². The lowest BCUT2D eigenvalue weighted by Crippen LogP contribution is -2.16. The number of nitrogens with zero attached hydrogens (tertiary/aromatic N) is 2. The Labute approximate surface area is 263 Å². The van der Waals surface area contributed by atoms with Crippen molar-refractivity contribution in [3.05, 3.63) is 102 Å². The lowest BCUT2D eigenvalue weighted by molar-refractivity contribution is 0.0898. The summed E-state index contributed by atoms with van der Waals surface area (Å²) in [6, 6.07) is 9.81. The topological polar surface area (TPSA) is 103 Å². The largest absolute Gasteiger partial charge is 0.491 e. The van der Waals surface area contributed by atoms with Gasteiger partial charge >= 0.3 is 0 Å². The van der Waals surface area contributed by atoms with Crippen LogP contribution in [0.5, 0.6) is 11.5 Å². The zero-order valence-electron chi connectivity index (χ0n) is 27.7. The van der Waals surface area contributed by atoms with Gasteiger partial charge in [0.15, 0.2) is 23.1 Å². The molecular weight excluding hydrogens is 582 g/mol. The standard InChI is InChI=1S/C18H25FN2O3.C16H21FN2O2/c1-6-23-15-9-8-13(10-14(15)19)17(24-7-2)16-12(5)21(11(3)4)20-18(16)22;1-5-21-15-7-6-12(9-14(15)17)8-13-11(4)19(10(2)3)18-16(13)20/h8-11,17H,6-7H2,1-5H3,(H,20,22);6-7,9-10H,5,8H2,1-4H3,(H,18,20). The third kappa shape index (κ3) is 8.33. The Morgan fingerprint density at radius 2 is 1.27 bits per heavy atom. The van der Waals surface area contributed by atoms with Crippen molar-refractivity contribution in [3.8, 4) is 11.5 Å². The van der Waals surface area contributed by atoms with Gasteiger partial charge in [0.2, 0.25) is 0 Å². The molecule has 45 heavy (non-hydrogen) atoms. The Bertz CT molecular complexity index is 1680. The van der Waals surface area contributed by atoms with Crippen molar-refractivity contribution in [1.29, 1.82) is 0 Å². The molecule has 0 saturated heterocycles. The SMILES string of the molecule is CCOc1ccc(C(OCC)c2c(C)n(C(C)C)[nH]c2=O)cc1F.CCOc1ccc(Cc2c(C)n(C(C)C)[nH]c2=O)cc1F. The molecule has 1 atom stereocenters. The van der Waals surface area contributed by atoms with E-state index in [1.54, 1.807) is 35.9 Å². The third-order valence-electron chi connectivity index (χ3n) is 7.38. The lowest BCUT2D eigenvalue weighted by atomic mass is 10.0. The number of hydrogen-bond acceptors (Lipinski definition) is 5. The summed E-state index contributed by atoms with van der Waals surface area (Å²) < 4.78 is 47.9. The number of halogens is 2. The monoisotopic (exact) mass is 628 g/mol. The molecular formula is C34H46F2N4O5. The van der Waals surface area contributed by atoms with Gasteiger partial charge in [0, 0.05) is 42.1 Å². The first-order valence-electron chi connectivity index (χ1n) is 15.4. The highest BCUT2D eigenvalue weighted by Gasteiger charge is 2.25. The maximum absolute atomic E-state index is 14.2. The highest BCUT2D eigenvalue weighted by atomic mass is 19.1. The fourth-order valence-electron chi connectivity index (χ4n) is 5.26. The third-order valence-corrected chi connectivity index (χ3v) is 7.38. The van der Waals surface area contributed by atoms with Crippen molar-refractivity contribution < 1.29 is 23.0 Å². The number of nitrogens with one attached hydrogen (secondary N) is 2. The summed E-state index contributed by atoms with van der Waals surface area (Å²) in [4.78, 5) is 24.5. The molecule has 246 valence electrons. The lowest BCUT2D eigenvalue weighted by Gasteiger charge is -2.18. The van der Waals surface area contributed by atoms with Crippen LogP contribution in [0.1, 0.15) is 100 Å². The number of benzene rings is 2. The van der Waals surface area contributed by atoms with Crippen molar-refractivity contribution in [3.63, 3.8) is 0 Å². The van der Waals surface area contributed by atoms with Crippen LogP contribution >= 0.6 is 0 Å². The van der Waals surface area contributed by atoms with Gasteiger partial charge in [0.25, 0.3) is 11.1 Å². The summed E-state index contributed by atoms with van der Waals surface area (Å²) in [5.74, 6) is -0.420. The van der Waals surface area contributed by atoms with Crippen LogP contribution in [0, 0.1) is 25.5 Å². The molecule has 0 aliphatic carbocycles. The molecule has 11 heteroatoms. The minimum absolute atomic E-state index is 0.115. The highest BCUT2D eigenvalue weighted by molar-refractivity contribution is 5.37. The molecule has 2 N–H and O–H groups in total. The predicted molar refractivity (Wildman–Crippen MR) is 172 cm³/mol. The van der Waals surface area contributed by atoms with Crippen LogP contribution < -0.4 is 20.6 Å². The minimum Gasteiger partial charge on any atom is -0.491 e. The Morgan fingerprint density at radius 1 is 0.733 bits per heavy atom. The second kappa shape index (κ2) is 15.7. The highest BCUT2D eigenvalue weighted by Crippen LogP contribution is 2.30. The fourth-order valence-corrected chi connectivity index (χ4v) is 5.26. The van der Waals surface area contributed by atoms with Gasteiger partial charge in [0.05, 0.1) is 18.8 Å². The van der Waals surface area contributed by atoms with Crippen LogP contribution in [0.4, 0.5) is 8.78 Å². The molecule has 0 aliphatic rings. The van der Waals surface area contributed by atoms with E-state index in [4.69, 9.17) is 14.2 Å². The van der Waals surface area contributed by atoms with E-state index in [-0.39, 0.29) is 34.7 Å². The number of aromatic nitrogens is 4. The molecule has 1 unspecified atom stereocenters. The molecule has 2 aromatic carbocycles. The van der Waals surface area contributed by atoms with E-state index in [0.29, 0.717) is 42.9 Å². The predicted octanol–water partition coefficient (Wildman–Crippen LogP) is 6.92. The first-order chi connectivity index (χ1) is 21.3. The molecule has 4 aromatic rings. The van der Waals surface area contributed by atoms with Gasteiger partial charge in [-0.2, -0.15) is 0 Å². The normalized spacial score (nSPS) is 11.9. The van der Waals surface area contributed by atoms with Crippen LogP contribution in [-0.2, 0) is 11.2 Å². The van der Waals surface area contributed by atoms with E-state index in [2.05, 4.69) is 10.2 Å². The van der Waals surface area contributed by atoms with Gasteiger partial charge in [-0.05, 0) is 97.7 Å². The van der Waals surface area contributed by atoms with Gasteiger partial charge in [-0.25, -0.2) is 8.78 Å². The van der Waals surface area contributed by atoms with Crippen LogP contribution in [0.3, 0.4) is 0 Å². The Hall–Kier alpha value is -4.12. The van der Waals surface area contributed by atoms with E-state index >= 15 is 0 Å². The molecule has 4 rings (SSSR count). The molecule has 0 fully saturated rings. The summed E-state index contributed by atoms with van der Waals surface area (Å²) in [6.07, 6.45) is -0.214. The summed E-state index contributed by atoms with van der Waals surface area (Å²) in [7, 11) is 0. The van der Waals surface area contributed by atoms with E-state index in [1.807, 2.05) is 60.1 Å². The second-order valence-corrected chi connectivity index (χ2v) is 11.2. The van der Waals surface area contributed by atoms with Gasteiger partial charge < -0.3 is 14.2 Å². The van der Waals surface area contributed by atoms with Gasteiger partial charge in [0.1, 0.15) is 6.10 Å². The summed E-state index contributed by atoms with van der Waals surface area (Å²) in [5, 5.41) is 5.65. The first-order valence-corrected chi connectivity index (χ1v) is 15.4. The van der Waals surface area contributed by atoms with Crippen molar-refractivity contribution in [1.82, 2.24) is 19.6 Å². The van der Waals surface area contributed by atoms with Crippen molar-refractivity contribution in [2.24, 2.45) is 0 Å².